The molecule has 0 saturated heterocycles. The lowest BCUT2D eigenvalue weighted by atomic mass is 9.97. The first-order valence-electron chi connectivity index (χ1n) is 8.55. The molecule has 2 aromatic rings. The van der Waals surface area contributed by atoms with Crippen LogP contribution < -0.4 is 4.90 Å². The summed E-state index contributed by atoms with van der Waals surface area (Å²) in [6, 6.07) is 11.5. The third-order valence-corrected chi connectivity index (χ3v) is 5.37. The van der Waals surface area contributed by atoms with Gasteiger partial charge in [0, 0.05) is 11.9 Å². The number of fused-ring (bicyclic) bond motifs is 2. The second kappa shape index (κ2) is 6.29. The fourth-order valence-electron chi connectivity index (χ4n) is 3.61. The average Bonchev–Trinajstić information content (AvgIpc) is 3.37. The molecular formula is C21H18ClNO3. The Labute approximate surface area is 156 Å². The summed E-state index contributed by atoms with van der Waals surface area (Å²) in [4.78, 5) is 25.2. The lowest BCUT2D eigenvalue weighted by Gasteiger charge is -2.26. The topological polar surface area (TPSA) is 57.6 Å². The van der Waals surface area contributed by atoms with Crippen LogP contribution in [-0.2, 0) is 16.1 Å². The van der Waals surface area contributed by atoms with Crippen molar-refractivity contribution < 1.29 is 14.7 Å². The summed E-state index contributed by atoms with van der Waals surface area (Å²) in [7, 11) is 0. The molecular weight excluding hydrogens is 350 g/mol. The normalized spacial score (nSPS) is 20.6. The summed E-state index contributed by atoms with van der Waals surface area (Å²) < 4.78 is 0. The maximum Gasteiger partial charge on any atom is 0.307 e. The van der Waals surface area contributed by atoms with Gasteiger partial charge < -0.3 is 10.0 Å². The van der Waals surface area contributed by atoms with E-state index >= 15 is 0 Å². The number of aliphatic carboxylic acids is 1. The molecule has 0 bridgehead atoms. The average molecular weight is 368 g/mol. The van der Waals surface area contributed by atoms with Crippen LogP contribution in [0.5, 0.6) is 0 Å². The fourth-order valence-corrected chi connectivity index (χ4v) is 3.79. The standard InChI is InChI=1S/C21H18ClNO3/c1-12(24)23-11-16-8-14(18-10-19(18)21(25)26)4-2-13(16)3-5-15-9-17(22)6-7-20(15)23/h2-9,18-19H,10-11H2,1H3,(H,25,26)/t18-,19-/m1/s1. The number of anilines is 1. The van der Waals surface area contributed by atoms with Crippen LogP contribution in [0.3, 0.4) is 0 Å². The predicted octanol–water partition coefficient (Wildman–Crippen LogP) is 4.57. The van der Waals surface area contributed by atoms with Gasteiger partial charge in [-0.1, -0.05) is 42.0 Å². The maximum absolute atomic E-state index is 12.3. The number of hydrogen-bond acceptors (Lipinski definition) is 2. The fraction of sp³-hybridized carbons (Fsp3) is 0.238. The molecule has 4 rings (SSSR count). The number of hydrogen-bond donors (Lipinski definition) is 1. The second-order valence-electron chi connectivity index (χ2n) is 6.89. The molecule has 0 spiro atoms. The van der Waals surface area contributed by atoms with Crippen molar-refractivity contribution in [3.8, 4) is 0 Å². The number of nitrogens with zero attached hydrogens (tertiary/aromatic N) is 1. The first-order valence-corrected chi connectivity index (χ1v) is 8.93. The van der Waals surface area contributed by atoms with E-state index in [1.54, 1.807) is 17.9 Å². The van der Waals surface area contributed by atoms with Gasteiger partial charge in [-0.15, -0.1) is 0 Å². The highest BCUT2D eigenvalue weighted by atomic mass is 35.5. The molecule has 4 nitrogen and oxygen atoms in total. The van der Waals surface area contributed by atoms with E-state index in [0.29, 0.717) is 18.0 Å². The molecule has 2 atom stereocenters. The minimum absolute atomic E-state index is 0.0462. The monoisotopic (exact) mass is 367 g/mol. The van der Waals surface area contributed by atoms with Crippen LogP contribution in [0, 0.1) is 5.92 Å². The summed E-state index contributed by atoms with van der Waals surface area (Å²) in [5.41, 5.74) is 4.80. The summed E-state index contributed by atoms with van der Waals surface area (Å²) in [5.74, 6) is -0.999. The third kappa shape index (κ3) is 3.01. The van der Waals surface area contributed by atoms with Gasteiger partial charge in [-0.3, -0.25) is 9.59 Å². The van der Waals surface area contributed by atoms with Crippen LogP contribution in [0.15, 0.2) is 36.4 Å². The van der Waals surface area contributed by atoms with Gasteiger partial charge in [-0.05, 0) is 52.8 Å². The minimum Gasteiger partial charge on any atom is -0.481 e. The van der Waals surface area contributed by atoms with E-state index < -0.39 is 5.97 Å². The smallest absolute Gasteiger partial charge is 0.307 e. The molecule has 1 N–H and O–H groups in total. The Hall–Kier alpha value is -2.59. The highest BCUT2D eigenvalue weighted by Crippen LogP contribution is 2.48. The van der Waals surface area contributed by atoms with Crippen molar-refractivity contribution in [1.82, 2.24) is 0 Å². The zero-order chi connectivity index (χ0) is 18.4. The number of amides is 1. The molecule has 5 heteroatoms. The van der Waals surface area contributed by atoms with Gasteiger partial charge in [0.05, 0.1) is 18.2 Å². The van der Waals surface area contributed by atoms with Gasteiger partial charge in [-0.2, -0.15) is 0 Å². The zero-order valence-corrected chi connectivity index (χ0v) is 15.0. The van der Waals surface area contributed by atoms with Crippen LogP contribution in [0.2, 0.25) is 5.02 Å². The van der Waals surface area contributed by atoms with Crippen molar-refractivity contribution in [2.24, 2.45) is 5.92 Å². The first kappa shape index (κ1) is 16.9. The Kier molecular flexibility index (Phi) is 4.08. The molecule has 1 saturated carbocycles. The van der Waals surface area contributed by atoms with E-state index in [1.807, 2.05) is 42.5 Å². The summed E-state index contributed by atoms with van der Waals surface area (Å²) in [5, 5.41) is 9.80. The number of carboxylic acids is 1. The SMILES string of the molecule is CC(=O)N1Cc2cc([C@H]3C[C@H]3C(=O)O)ccc2C=Cc2cc(Cl)ccc21. The number of carboxylic acid groups (broad SMARTS) is 1. The molecule has 0 unspecified atom stereocenters. The molecule has 1 amide bonds. The largest absolute Gasteiger partial charge is 0.481 e. The van der Waals surface area contributed by atoms with Gasteiger partial charge in [0.15, 0.2) is 0 Å². The van der Waals surface area contributed by atoms with Gasteiger partial charge in [-0.25, -0.2) is 0 Å². The van der Waals surface area contributed by atoms with Crippen molar-refractivity contribution >= 4 is 41.3 Å². The van der Waals surface area contributed by atoms with E-state index in [4.69, 9.17) is 11.6 Å². The number of benzene rings is 2. The van der Waals surface area contributed by atoms with Crippen LogP contribution in [0.1, 0.15) is 41.5 Å². The quantitative estimate of drug-likeness (QED) is 0.846. The van der Waals surface area contributed by atoms with E-state index in [1.165, 1.54) is 0 Å². The molecule has 0 aromatic heterocycles. The molecule has 1 aliphatic carbocycles. The van der Waals surface area contributed by atoms with Gasteiger partial charge in [0.25, 0.3) is 0 Å². The Bertz CT molecular complexity index is 950. The van der Waals surface area contributed by atoms with Crippen LogP contribution >= 0.6 is 11.6 Å². The Morgan fingerprint density at radius 2 is 1.88 bits per heavy atom. The molecule has 2 aliphatic rings. The maximum atomic E-state index is 12.3. The molecule has 26 heavy (non-hydrogen) atoms. The van der Waals surface area contributed by atoms with Crippen molar-refractivity contribution in [3.63, 3.8) is 0 Å². The Morgan fingerprint density at radius 3 is 2.58 bits per heavy atom. The minimum atomic E-state index is -0.738. The molecule has 1 aliphatic heterocycles. The summed E-state index contributed by atoms with van der Waals surface area (Å²) in [6.07, 6.45) is 4.67. The third-order valence-electron chi connectivity index (χ3n) is 5.13. The van der Waals surface area contributed by atoms with Gasteiger partial charge in [0.1, 0.15) is 0 Å². The molecule has 1 heterocycles. The highest BCUT2D eigenvalue weighted by Gasteiger charge is 2.44. The van der Waals surface area contributed by atoms with Crippen LogP contribution in [0.25, 0.3) is 12.2 Å². The lowest BCUT2D eigenvalue weighted by molar-refractivity contribution is -0.138. The molecule has 2 aromatic carbocycles. The molecule has 1 fully saturated rings. The molecule has 132 valence electrons. The number of halogens is 1. The lowest BCUT2D eigenvalue weighted by Crippen LogP contribution is -2.29. The van der Waals surface area contributed by atoms with E-state index in [0.717, 1.165) is 27.9 Å². The number of carbonyl (C=O) groups excluding carboxylic acids is 1. The number of carbonyl (C=O) groups is 2. The van der Waals surface area contributed by atoms with E-state index in [2.05, 4.69) is 0 Å². The van der Waals surface area contributed by atoms with E-state index in [9.17, 15) is 14.7 Å². The Morgan fingerprint density at radius 1 is 1.12 bits per heavy atom. The number of rotatable bonds is 2. The first-order chi connectivity index (χ1) is 12.4. The van der Waals surface area contributed by atoms with Crippen LogP contribution in [-0.4, -0.2) is 17.0 Å². The predicted molar refractivity (Wildman–Crippen MR) is 102 cm³/mol. The highest BCUT2D eigenvalue weighted by molar-refractivity contribution is 6.30. The van der Waals surface area contributed by atoms with Crippen molar-refractivity contribution in [3.05, 3.63) is 63.7 Å². The summed E-state index contributed by atoms with van der Waals surface area (Å²) >= 11 is 6.11. The van der Waals surface area contributed by atoms with Gasteiger partial charge >= 0.3 is 5.97 Å². The second-order valence-corrected chi connectivity index (χ2v) is 7.32. The van der Waals surface area contributed by atoms with Crippen molar-refractivity contribution in [2.45, 2.75) is 25.8 Å². The van der Waals surface area contributed by atoms with Crippen LogP contribution in [0.4, 0.5) is 5.69 Å². The Balaban J connectivity index is 1.76. The zero-order valence-electron chi connectivity index (χ0n) is 14.3. The van der Waals surface area contributed by atoms with Crippen molar-refractivity contribution in [1.29, 1.82) is 0 Å². The van der Waals surface area contributed by atoms with E-state index in [-0.39, 0.29) is 17.7 Å². The summed E-state index contributed by atoms with van der Waals surface area (Å²) in [6.45, 7) is 2.00. The van der Waals surface area contributed by atoms with Gasteiger partial charge in [0.2, 0.25) is 5.91 Å². The van der Waals surface area contributed by atoms with Crippen molar-refractivity contribution in [2.75, 3.05) is 4.90 Å². The molecule has 0 radical (unpaired) electrons.